The summed E-state index contributed by atoms with van der Waals surface area (Å²) < 4.78 is 30.1. The third-order valence-corrected chi connectivity index (χ3v) is 7.15. The van der Waals surface area contributed by atoms with Crippen LogP contribution in [0.15, 0.2) is 53.4 Å². The molecule has 1 aromatic heterocycles. The van der Waals surface area contributed by atoms with E-state index < -0.39 is 10.0 Å². The van der Waals surface area contributed by atoms with Gasteiger partial charge in [0.05, 0.1) is 22.0 Å². The Labute approximate surface area is 184 Å². The molecule has 4 rings (SSSR count). The first-order valence-electron chi connectivity index (χ1n) is 10.5. The van der Waals surface area contributed by atoms with Crippen LogP contribution in [-0.4, -0.2) is 49.3 Å². The molecule has 0 aliphatic carbocycles. The fourth-order valence-corrected chi connectivity index (χ4v) is 5.09. The zero-order valence-corrected chi connectivity index (χ0v) is 19.0. The van der Waals surface area contributed by atoms with E-state index in [-0.39, 0.29) is 4.90 Å². The van der Waals surface area contributed by atoms with Gasteiger partial charge in [0.25, 0.3) is 10.0 Å². The average Bonchev–Trinajstić information content (AvgIpc) is 3.00. The van der Waals surface area contributed by atoms with Crippen molar-refractivity contribution in [1.29, 1.82) is 0 Å². The lowest BCUT2D eigenvalue weighted by Gasteiger charge is -2.27. The average molecular weight is 440 g/mol. The van der Waals surface area contributed by atoms with Crippen LogP contribution in [0.2, 0.25) is 0 Å². The third kappa shape index (κ3) is 4.81. The Bertz CT molecular complexity index is 1160. The van der Waals surface area contributed by atoms with Crippen molar-refractivity contribution in [3.05, 3.63) is 65.5 Å². The van der Waals surface area contributed by atoms with Crippen molar-refractivity contribution in [2.45, 2.75) is 25.3 Å². The third-order valence-electron chi connectivity index (χ3n) is 5.79. The number of nitrogens with zero attached hydrogens (tertiary/aromatic N) is 3. The van der Waals surface area contributed by atoms with E-state index in [1.165, 1.54) is 5.56 Å². The van der Waals surface area contributed by atoms with Crippen molar-refractivity contribution in [2.75, 3.05) is 30.9 Å². The van der Waals surface area contributed by atoms with Gasteiger partial charge in [-0.25, -0.2) is 8.42 Å². The minimum Gasteiger partial charge on any atom is -0.314 e. The van der Waals surface area contributed by atoms with Gasteiger partial charge < -0.3 is 5.32 Å². The SMILES string of the molecule is Cc1nn(C)c(C)c1NS(=O)(=O)c1ccc(-c2cccc(CN3CCNCC3)c2)cc1. The van der Waals surface area contributed by atoms with Gasteiger partial charge in [0.2, 0.25) is 0 Å². The number of sulfonamides is 1. The first-order chi connectivity index (χ1) is 14.8. The van der Waals surface area contributed by atoms with E-state index >= 15 is 0 Å². The van der Waals surface area contributed by atoms with Gasteiger partial charge in [-0.15, -0.1) is 0 Å². The maximum Gasteiger partial charge on any atom is 0.262 e. The van der Waals surface area contributed by atoms with Crippen LogP contribution in [0.4, 0.5) is 5.69 Å². The van der Waals surface area contributed by atoms with Crippen molar-refractivity contribution in [3.63, 3.8) is 0 Å². The number of aromatic nitrogens is 2. The second-order valence-corrected chi connectivity index (χ2v) is 9.71. The molecule has 0 saturated carbocycles. The van der Waals surface area contributed by atoms with Crippen LogP contribution in [0.3, 0.4) is 0 Å². The highest BCUT2D eigenvalue weighted by atomic mass is 32.2. The predicted molar refractivity (Wildman–Crippen MR) is 124 cm³/mol. The number of benzene rings is 2. The zero-order chi connectivity index (χ0) is 22.0. The van der Waals surface area contributed by atoms with Gasteiger partial charge in [0, 0.05) is 39.8 Å². The molecule has 31 heavy (non-hydrogen) atoms. The number of rotatable bonds is 6. The Morgan fingerprint density at radius 1 is 1.03 bits per heavy atom. The second-order valence-electron chi connectivity index (χ2n) is 8.03. The molecule has 0 amide bonds. The van der Waals surface area contributed by atoms with E-state index in [1.807, 2.05) is 19.1 Å². The molecule has 1 fully saturated rings. The Balaban J connectivity index is 1.52. The highest BCUT2D eigenvalue weighted by Crippen LogP contribution is 2.26. The smallest absolute Gasteiger partial charge is 0.262 e. The lowest BCUT2D eigenvalue weighted by Crippen LogP contribution is -2.42. The van der Waals surface area contributed by atoms with E-state index in [0.717, 1.165) is 49.5 Å². The zero-order valence-electron chi connectivity index (χ0n) is 18.2. The molecule has 2 aromatic carbocycles. The number of anilines is 1. The van der Waals surface area contributed by atoms with Crippen LogP contribution < -0.4 is 10.0 Å². The summed E-state index contributed by atoms with van der Waals surface area (Å²) in [6.07, 6.45) is 0. The normalized spacial score (nSPS) is 15.2. The lowest BCUT2D eigenvalue weighted by molar-refractivity contribution is 0.233. The molecule has 8 heteroatoms. The van der Waals surface area contributed by atoms with Crippen LogP contribution in [-0.2, 0) is 23.6 Å². The maximum atomic E-state index is 12.9. The van der Waals surface area contributed by atoms with Gasteiger partial charge in [-0.3, -0.25) is 14.3 Å². The van der Waals surface area contributed by atoms with Gasteiger partial charge >= 0.3 is 0 Å². The molecule has 0 radical (unpaired) electrons. The predicted octanol–water partition coefficient (Wildman–Crippen LogP) is 2.91. The Kier molecular flexibility index (Phi) is 6.13. The van der Waals surface area contributed by atoms with Crippen LogP contribution in [0.25, 0.3) is 11.1 Å². The van der Waals surface area contributed by atoms with E-state index in [4.69, 9.17) is 0 Å². The maximum absolute atomic E-state index is 12.9. The molecule has 0 atom stereocenters. The summed E-state index contributed by atoms with van der Waals surface area (Å²) in [6.45, 7) is 8.73. The summed E-state index contributed by atoms with van der Waals surface area (Å²) in [5.74, 6) is 0. The molecular formula is C23H29N5O2S. The number of hydrogen-bond acceptors (Lipinski definition) is 5. The standard InChI is InChI=1S/C23H29N5O2S/c1-17-23(18(2)27(3)25-17)26-31(29,30)22-9-7-20(8-10-22)21-6-4-5-19(15-21)16-28-13-11-24-12-14-28/h4-10,15,24,26H,11-14,16H2,1-3H3. The molecule has 3 aromatic rings. The topological polar surface area (TPSA) is 79.3 Å². The first-order valence-corrected chi connectivity index (χ1v) is 12.0. The molecule has 0 bridgehead atoms. The van der Waals surface area contributed by atoms with Gasteiger partial charge in [0.1, 0.15) is 0 Å². The van der Waals surface area contributed by atoms with E-state index in [0.29, 0.717) is 11.4 Å². The van der Waals surface area contributed by atoms with Crippen LogP contribution in [0.1, 0.15) is 17.0 Å². The fraction of sp³-hybridized carbons (Fsp3) is 0.348. The minimum absolute atomic E-state index is 0.232. The van der Waals surface area contributed by atoms with Crippen molar-refractivity contribution in [1.82, 2.24) is 20.0 Å². The Morgan fingerprint density at radius 3 is 2.39 bits per heavy atom. The van der Waals surface area contributed by atoms with Crippen molar-refractivity contribution in [2.24, 2.45) is 7.05 Å². The van der Waals surface area contributed by atoms with Crippen LogP contribution in [0.5, 0.6) is 0 Å². The summed E-state index contributed by atoms with van der Waals surface area (Å²) in [5, 5.41) is 7.65. The van der Waals surface area contributed by atoms with Crippen molar-refractivity contribution in [3.8, 4) is 11.1 Å². The summed E-state index contributed by atoms with van der Waals surface area (Å²) in [4.78, 5) is 2.68. The monoisotopic (exact) mass is 439 g/mol. The molecule has 7 nitrogen and oxygen atoms in total. The molecule has 0 spiro atoms. The second kappa shape index (κ2) is 8.82. The van der Waals surface area contributed by atoms with Crippen molar-refractivity contribution < 1.29 is 8.42 Å². The highest BCUT2D eigenvalue weighted by Gasteiger charge is 2.19. The number of aryl methyl sites for hydroxylation is 2. The van der Waals surface area contributed by atoms with Gasteiger partial charge in [-0.1, -0.05) is 30.3 Å². The summed E-state index contributed by atoms with van der Waals surface area (Å²) >= 11 is 0. The van der Waals surface area contributed by atoms with Crippen LogP contribution in [0, 0.1) is 13.8 Å². The summed E-state index contributed by atoms with van der Waals surface area (Å²) in [5.41, 5.74) is 5.31. The number of piperazine rings is 1. The van der Waals surface area contributed by atoms with Crippen molar-refractivity contribution >= 4 is 15.7 Å². The van der Waals surface area contributed by atoms with E-state index in [9.17, 15) is 8.42 Å². The van der Waals surface area contributed by atoms with E-state index in [1.54, 1.807) is 30.8 Å². The number of nitrogens with one attached hydrogen (secondary N) is 2. The fourth-order valence-electron chi connectivity index (χ4n) is 3.92. The first kappa shape index (κ1) is 21.5. The molecular weight excluding hydrogens is 410 g/mol. The molecule has 2 N–H and O–H groups in total. The molecule has 1 saturated heterocycles. The molecule has 1 aliphatic heterocycles. The summed E-state index contributed by atoms with van der Waals surface area (Å²) in [6, 6.07) is 15.5. The Morgan fingerprint density at radius 2 is 1.74 bits per heavy atom. The van der Waals surface area contributed by atoms with Gasteiger partial charge in [-0.2, -0.15) is 5.10 Å². The minimum atomic E-state index is -3.69. The molecule has 164 valence electrons. The quantitative estimate of drug-likeness (QED) is 0.617. The lowest BCUT2D eigenvalue weighted by atomic mass is 10.0. The van der Waals surface area contributed by atoms with E-state index in [2.05, 4.69) is 44.3 Å². The largest absolute Gasteiger partial charge is 0.314 e. The summed E-state index contributed by atoms with van der Waals surface area (Å²) in [7, 11) is -1.89. The Hall–Kier alpha value is -2.68. The highest BCUT2D eigenvalue weighted by molar-refractivity contribution is 7.92. The van der Waals surface area contributed by atoms with Gasteiger partial charge in [0.15, 0.2) is 0 Å². The molecule has 0 unspecified atom stereocenters. The molecule has 2 heterocycles. The number of hydrogen-bond donors (Lipinski definition) is 2. The molecule has 1 aliphatic rings. The van der Waals surface area contributed by atoms with Gasteiger partial charge in [-0.05, 0) is 48.7 Å². The van der Waals surface area contributed by atoms with Crippen LogP contribution >= 0.6 is 0 Å².